The maximum Gasteiger partial charge on any atom is 0.292 e. The van der Waals surface area contributed by atoms with Crippen LogP contribution in [0.5, 0.6) is 0 Å². The Morgan fingerprint density at radius 3 is 2.68 bits per heavy atom. The molecule has 1 aliphatic carbocycles. The summed E-state index contributed by atoms with van der Waals surface area (Å²) in [5.74, 6) is 0.500. The van der Waals surface area contributed by atoms with Crippen molar-refractivity contribution in [2.75, 3.05) is 31.1 Å². The molecule has 0 N–H and O–H groups in total. The van der Waals surface area contributed by atoms with E-state index in [-0.39, 0.29) is 22.4 Å². The van der Waals surface area contributed by atoms with Crippen molar-refractivity contribution in [1.82, 2.24) is 4.90 Å². The summed E-state index contributed by atoms with van der Waals surface area (Å²) in [4.78, 5) is 27.1. The van der Waals surface area contributed by atoms with E-state index in [1.54, 1.807) is 12.1 Å². The van der Waals surface area contributed by atoms with E-state index in [1.165, 1.54) is 0 Å². The third-order valence-corrected chi connectivity index (χ3v) is 4.40. The summed E-state index contributed by atoms with van der Waals surface area (Å²) in [5.41, 5.74) is 1.83. The fourth-order valence-electron chi connectivity index (χ4n) is 3.01. The smallest absolute Gasteiger partial charge is 0.292 e. The lowest BCUT2D eigenvalue weighted by atomic mass is 10.1. The van der Waals surface area contributed by atoms with Crippen LogP contribution in [0.15, 0.2) is 18.2 Å². The summed E-state index contributed by atoms with van der Waals surface area (Å²) in [5, 5.41) is 11.2. The lowest BCUT2D eigenvalue weighted by molar-refractivity contribution is -0.384. The molecule has 22 heavy (non-hydrogen) atoms. The zero-order chi connectivity index (χ0) is 15.7. The topological polar surface area (TPSA) is 66.7 Å². The van der Waals surface area contributed by atoms with Crippen LogP contribution in [0, 0.1) is 23.0 Å². The Labute approximate surface area is 129 Å². The summed E-state index contributed by atoms with van der Waals surface area (Å²) < 4.78 is 0. The lowest BCUT2D eigenvalue weighted by Crippen LogP contribution is -2.36. The van der Waals surface area contributed by atoms with Crippen molar-refractivity contribution in [2.24, 2.45) is 5.92 Å². The van der Waals surface area contributed by atoms with Gasteiger partial charge in [-0.1, -0.05) is 6.07 Å². The number of nitrogens with zero attached hydrogens (tertiary/aromatic N) is 3. The number of amides is 1. The van der Waals surface area contributed by atoms with E-state index in [4.69, 9.17) is 0 Å². The average Bonchev–Trinajstić information content (AvgIpc) is 3.32. The highest BCUT2D eigenvalue weighted by molar-refractivity contribution is 5.81. The summed E-state index contributed by atoms with van der Waals surface area (Å²) in [7, 11) is 0. The molecule has 6 nitrogen and oxygen atoms in total. The second-order valence-corrected chi connectivity index (χ2v) is 6.19. The van der Waals surface area contributed by atoms with Crippen molar-refractivity contribution >= 4 is 17.3 Å². The number of carbonyl (C=O) groups excluding carboxylic acids is 1. The van der Waals surface area contributed by atoms with Crippen LogP contribution in [0.2, 0.25) is 0 Å². The molecule has 1 saturated heterocycles. The number of aryl methyl sites for hydroxylation is 1. The molecule has 1 amide bonds. The van der Waals surface area contributed by atoms with E-state index in [0.29, 0.717) is 18.8 Å². The van der Waals surface area contributed by atoms with Gasteiger partial charge in [0.2, 0.25) is 5.91 Å². The van der Waals surface area contributed by atoms with E-state index in [1.807, 2.05) is 22.8 Å². The zero-order valence-corrected chi connectivity index (χ0v) is 12.8. The monoisotopic (exact) mass is 303 g/mol. The Morgan fingerprint density at radius 1 is 1.23 bits per heavy atom. The van der Waals surface area contributed by atoms with Crippen molar-refractivity contribution < 1.29 is 9.72 Å². The number of rotatable bonds is 3. The Kier molecular flexibility index (Phi) is 4.00. The number of benzene rings is 1. The van der Waals surface area contributed by atoms with Crippen molar-refractivity contribution in [2.45, 2.75) is 26.2 Å². The Morgan fingerprint density at radius 2 is 2.00 bits per heavy atom. The predicted octanol–water partition coefficient (Wildman–Crippen LogP) is 2.35. The summed E-state index contributed by atoms with van der Waals surface area (Å²) in [6.45, 7) is 4.75. The molecular formula is C16H21N3O3. The van der Waals surface area contributed by atoms with Crippen LogP contribution < -0.4 is 4.90 Å². The van der Waals surface area contributed by atoms with Crippen molar-refractivity contribution in [3.63, 3.8) is 0 Å². The summed E-state index contributed by atoms with van der Waals surface area (Å²) in [6.07, 6.45) is 2.88. The molecule has 6 heteroatoms. The maximum atomic E-state index is 12.2. The number of hydrogen-bond acceptors (Lipinski definition) is 4. The maximum absolute atomic E-state index is 12.2. The first-order chi connectivity index (χ1) is 10.6. The molecule has 1 aromatic rings. The van der Waals surface area contributed by atoms with Crippen LogP contribution in [-0.2, 0) is 4.79 Å². The molecule has 1 aliphatic heterocycles. The molecule has 0 unspecified atom stereocenters. The number of carbonyl (C=O) groups is 1. The standard InChI is InChI=1S/C16H21N3O3/c1-12-3-6-14(19(21)22)15(11-12)17-7-2-8-18(10-9-17)16(20)13-4-5-13/h3,6,11,13H,2,4-5,7-10H2,1H3. The third-order valence-electron chi connectivity index (χ3n) is 4.40. The van der Waals surface area contributed by atoms with E-state index < -0.39 is 0 Å². The average molecular weight is 303 g/mol. The first kappa shape index (κ1) is 14.8. The SMILES string of the molecule is Cc1ccc([N+](=O)[O-])c(N2CCCN(C(=O)C3CC3)CC2)c1. The molecule has 0 spiro atoms. The third kappa shape index (κ3) is 3.05. The minimum absolute atomic E-state index is 0.146. The fourth-order valence-corrected chi connectivity index (χ4v) is 3.01. The Bertz CT molecular complexity index is 598. The number of nitro groups is 1. The first-order valence-electron chi connectivity index (χ1n) is 7.85. The number of nitro benzene ring substituents is 1. The zero-order valence-electron chi connectivity index (χ0n) is 12.8. The lowest BCUT2D eigenvalue weighted by Gasteiger charge is -2.23. The van der Waals surface area contributed by atoms with Gasteiger partial charge in [-0.25, -0.2) is 0 Å². The highest BCUT2D eigenvalue weighted by Gasteiger charge is 2.34. The van der Waals surface area contributed by atoms with Crippen molar-refractivity contribution in [3.05, 3.63) is 33.9 Å². The van der Waals surface area contributed by atoms with Crippen molar-refractivity contribution in [1.29, 1.82) is 0 Å². The number of anilines is 1. The van der Waals surface area contributed by atoms with E-state index in [0.717, 1.165) is 37.9 Å². The Hall–Kier alpha value is -2.11. The van der Waals surface area contributed by atoms with E-state index in [9.17, 15) is 14.9 Å². The first-order valence-corrected chi connectivity index (χ1v) is 7.85. The van der Waals surface area contributed by atoms with E-state index in [2.05, 4.69) is 0 Å². The minimum Gasteiger partial charge on any atom is -0.364 e. The van der Waals surface area contributed by atoms with Gasteiger partial charge in [-0.3, -0.25) is 14.9 Å². The molecule has 0 bridgehead atoms. The molecular weight excluding hydrogens is 282 g/mol. The van der Waals surface area contributed by atoms with Gasteiger partial charge in [0, 0.05) is 38.2 Å². The molecule has 0 atom stereocenters. The summed E-state index contributed by atoms with van der Waals surface area (Å²) in [6, 6.07) is 5.21. The van der Waals surface area contributed by atoms with Gasteiger partial charge in [-0.05, 0) is 37.8 Å². The normalized spacial score (nSPS) is 19.0. The second-order valence-electron chi connectivity index (χ2n) is 6.19. The molecule has 1 aromatic carbocycles. The molecule has 118 valence electrons. The molecule has 2 aliphatic rings. The van der Waals surface area contributed by atoms with Crippen molar-refractivity contribution in [3.8, 4) is 0 Å². The highest BCUT2D eigenvalue weighted by atomic mass is 16.6. The fraction of sp³-hybridized carbons (Fsp3) is 0.562. The largest absolute Gasteiger partial charge is 0.364 e. The Balaban J connectivity index is 1.77. The molecule has 1 saturated carbocycles. The molecule has 3 rings (SSSR count). The minimum atomic E-state index is -0.327. The van der Waals surface area contributed by atoms with Crippen LogP contribution in [0.1, 0.15) is 24.8 Å². The highest BCUT2D eigenvalue weighted by Crippen LogP contribution is 2.33. The van der Waals surface area contributed by atoms with Gasteiger partial charge in [0.1, 0.15) is 5.69 Å². The predicted molar refractivity (Wildman–Crippen MR) is 84.0 cm³/mol. The van der Waals surface area contributed by atoms with Gasteiger partial charge in [0.15, 0.2) is 0 Å². The summed E-state index contributed by atoms with van der Waals surface area (Å²) >= 11 is 0. The molecule has 2 fully saturated rings. The van der Waals surface area contributed by atoms with Gasteiger partial charge in [0.05, 0.1) is 4.92 Å². The quantitative estimate of drug-likeness (QED) is 0.635. The van der Waals surface area contributed by atoms with Gasteiger partial charge in [0.25, 0.3) is 5.69 Å². The van der Waals surface area contributed by atoms with E-state index >= 15 is 0 Å². The number of hydrogen-bond donors (Lipinski definition) is 0. The second kappa shape index (κ2) is 5.94. The van der Waals surface area contributed by atoms with Crippen LogP contribution in [0.4, 0.5) is 11.4 Å². The van der Waals surface area contributed by atoms with Gasteiger partial charge in [-0.2, -0.15) is 0 Å². The molecule has 0 aromatic heterocycles. The van der Waals surface area contributed by atoms with Gasteiger partial charge >= 0.3 is 0 Å². The van der Waals surface area contributed by atoms with Gasteiger partial charge in [-0.15, -0.1) is 0 Å². The molecule has 0 radical (unpaired) electrons. The molecule has 1 heterocycles. The van der Waals surface area contributed by atoms with Crippen LogP contribution >= 0.6 is 0 Å². The van der Waals surface area contributed by atoms with Gasteiger partial charge < -0.3 is 9.80 Å². The van der Waals surface area contributed by atoms with Crippen LogP contribution in [0.25, 0.3) is 0 Å². The van der Waals surface area contributed by atoms with Crippen LogP contribution in [-0.4, -0.2) is 41.9 Å². The van der Waals surface area contributed by atoms with Crippen LogP contribution in [0.3, 0.4) is 0 Å².